The molecule has 144 valence electrons. The summed E-state index contributed by atoms with van der Waals surface area (Å²) in [7, 11) is 0. The molecule has 0 aromatic heterocycles. The van der Waals surface area contributed by atoms with Crippen molar-refractivity contribution in [2.24, 2.45) is 11.8 Å². The van der Waals surface area contributed by atoms with E-state index in [9.17, 15) is 23.1 Å². The normalized spacial score (nSPS) is 24.8. The molecule has 5 nitrogen and oxygen atoms in total. The average Bonchev–Trinajstić information content (AvgIpc) is 3.04. The Bertz CT molecular complexity index is 632. The Morgan fingerprint density at radius 2 is 1.81 bits per heavy atom. The van der Waals surface area contributed by atoms with E-state index in [4.69, 9.17) is 4.74 Å². The van der Waals surface area contributed by atoms with Gasteiger partial charge in [-0.3, -0.25) is 9.69 Å². The van der Waals surface area contributed by atoms with Gasteiger partial charge in [0, 0.05) is 45.2 Å². The van der Waals surface area contributed by atoms with E-state index in [-0.39, 0.29) is 30.6 Å². The summed E-state index contributed by atoms with van der Waals surface area (Å²) in [5, 5.41) is 9.66. The third kappa shape index (κ3) is 4.19. The molecule has 2 aliphatic rings. The van der Waals surface area contributed by atoms with Crippen LogP contribution in [0.25, 0.3) is 0 Å². The molecule has 2 saturated heterocycles. The van der Waals surface area contributed by atoms with Gasteiger partial charge in [-0.1, -0.05) is 12.1 Å². The number of aliphatic hydroxyl groups is 1. The highest BCUT2D eigenvalue weighted by Gasteiger charge is 2.40. The van der Waals surface area contributed by atoms with Crippen LogP contribution in [-0.2, 0) is 10.9 Å². The van der Waals surface area contributed by atoms with Gasteiger partial charge in [-0.15, -0.1) is 0 Å². The number of carbonyl (C=O) groups is 1. The summed E-state index contributed by atoms with van der Waals surface area (Å²) in [5.41, 5.74) is -1.24. The number of carbonyl (C=O) groups excluding carboxylic acids is 1. The van der Waals surface area contributed by atoms with E-state index in [0.717, 1.165) is 19.2 Å². The highest BCUT2D eigenvalue weighted by Crippen LogP contribution is 2.34. The van der Waals surface area contributed by atoms with Crippen molar-refractivity contribution in [2.45, 2.75) is 6.18 Å². The molecule has 2 aliphatic heterocycles. The van der Waals surface area contributed by atoms with Crippen LogP contribution in [0.2, 0.25) is 0 Å². The highest BCUT2D eigenvalue weighted by atomic mass is 19.4. The predicted molar refractivity (Wildman–Crippen MR) is 88.7 cm³/mol. The van der Waals surface area contributed by atoms with E-state index in [0.29, 0.717) is 26.3 Å². The van der Waals surface area contributed by atoms with E-state index in [1.54, 1.807) is 0 Å². The standard InChI is InChI=1S/C18H23F3N2O3/c19-18(20,21)16-4-2-1-3-15(16)17(25)23-10-13(14(11-23)12-24)9-22-5-7-26-8-6-22/h1-4,13-14,24H,5-12H2/t13-,14-/m1/s1. The Hall–Kier alpha value is -1.64. The number of hydrogen-bond donors (Lipinski definition) is 1. The number of halogens is 3. The van der Waals surface area contributed by atoms with Crippen molar-refractivity contribution >= 4 is 5.91 Å². The van der Waals surface area contributed by atoms with E-state index in [1.165, 1.54) is 23.1 Å². The molecule has 0 bridgehead atoms. The molecule has 0 saturated carbocycles. The zero-order valence-corrected chi connectivity index (χ0v) is 14.4. The van der Waals surface area contributed by atoms with Gasteiger partial charge in [0.1, 0.15) is 0 Å². The molecule has 8 heteroatoms. The summed E-state index contributed by atoms with van der Waals surface area (Å²) < 4.78 is 44.9. The quantitative estimate of drug-likeness (QED) is 0.875. The minimum atomic E-state index is -4.57. The molecule has 2 heterocycles. The van der Waals surface area contributed by atoms with E-state index in [2.05, 4.69) is 4.90 Å². The number of morpholine rings is 1. The lowest BCUT2D eigenvalue weighted by atomic mass is 9.96. The topological polar surface area (TPSA) is 53.0 Å². The molecule has 2 atom stereocenters. The van der Waals surface area contributed by atoms with Crippen molar-refractivity contribution in [1.82, 2.24) is 9.80 Å². The predicted octanol–water partition coefficient (Wildman–Crippen LogP) is 1.72. The number of amides is 1. The van der Waals surface area contributed by atoms with Gasteiger partial charge in [-0.05, 0) is 18.1 Å². The molecular weight excluding hydrogens is 349 g/mol. The molecule has 26 heavy (non-hydrogen) atoms. The minimum Gasteiger partial charge on any atom is -0.396 e. The van der Waals surface area contributed by atoms with Crippen molar-refractivity contribution in [1.29, 1.82) is 0 Å². The largest absolute Gasteiger partial charge is 0.417 e. The van der Waals surface area contributed by atoms with Crippen LogP contribution in [0, 0.1) is 11.8 Å². The maximum atomic E-state index is 13.2. The lowest BCUT2D eigenvalue weighted by Crippen LogP contribution is -2.41. The Labute approximate surface area is 150 Å². The Morgan fingerprint density at radius 3 is 2.46 bits per heavy atom. The highest BCUT2D eigenvalue weighted by molar-refractivity contribution is 5.96. The number of nitrogens with zero attached hydrogens (tertiary/aromatic N) is 2. The maximum Gasteiger partial charge on any atom is 0.417 e. The van der Waals surface area contributed by atoms with Crippen molar-refractivity contribution in [3.8, 4) is 0 Å². The molecular formula is C18H23F3N2O3. The molecule has 1 aromatic carbocycles. The van der Waals surface area contributed by atoms with Gasteiger partial charge in [-0.25, -0.2) is 0 Å². The number of likely N-dealkylation sites (tertiary alicyclic amines) is 1. The second-order valence-corrected chi connectivity index (χ2v) is 6.87. The van der Waals surface area contributed by atoms with Gasteiger partial charge in [0.2, 0.25) is 0 Å². The van der Waals surface area contributed by atoms with Crippen LogP contribution < -0.4 is 0 Å². The maximum absolute atomic E-state index is 13.2. The van der Waals surface area contributed by atoms with Crippen LogP contribution in [-0.4, -0.2) is 73.4 Å². The molecule has 2 fully saturated rings. The second kappa shape index (κ2) is 7.94. The average molecular weight is 372 g/mol. The molecule has 0 unspecified atom stereocenters. The summed E-state index contributed by atoms with van der Waals surface area (Å²) in [6, 6.07) is 4.86. The monoisotopic (exact) mass is 372 g/mol. The number of rotatable bonds is 4. The molecule has 0 radical (unpaired) electrons. The molecule has 1 N–H and O–H groups in total. The number of hydrogen-bond acceptors (Lipinski definition) is 4. The van der Waals surface area contributed by atoms with Crippen LogP contribution in [0.3, 0.4) is 0 Å². The van der Waals surface area contributed by atoms with E-state index in [1.807, 2.05) is 0 Å². The number of alkyl halides is 3. The SMILES string of the molecule is O=C(c1ccccc1C(F)(F)F)N1C[C@@H](CN2CCOCC2)[C@@H](CO)C1. The van der Waals surface area contributed by atoms with E-state index >= 15 is 0 Å². The first-order chi connectivity index (χ1) is 12.4. The first-order valence-corrected chi connectivity index (χ1v) is 8.76. The number of ether oxygens (including phenoxy) is 1. The summed E-state index contributed by atoms with van der Waals surface area (Å²) in [4.78, 5) is 16.4. The van der Waals surface area contributed by atoms with Gasteiger partial charge < -0.3 is 14.7 Å². The Balaban J connectivity index is 1.73. The summed E-state index contributed by atoms with van der Waals surface area (Å²) in [6.45, 7) is 4.14. The zero-order chi connectivity index (χ0) is 18.7. The van der Waals surface area contributed by atoms with Crippen LogP contribution in [0.4, 0.5) is 13.2 Å². The first kappa shape index (κ1) is 19.1. The summed E-state index contributed by atoms with van der Waals surface area (Å²) in [6.07, 6.45) is -4.57. The van der Waals surface area contributed by atoms with Gasteiger partial charge in [-0.2, -0.15) is 13.2 Å². The molecule has 3 rings (SSSR count). The van der Waals surface area contributed by atoms with Crippen LogP contribution >= 0.6 is 0 Å². The fourth-order valence-electron chi connectivity index (χ4n) is 3.72. The van der Waals surface area contributed by atoms with Gasteiger partial charge >= 0.3 is 6.18 Å². The van der Waals surface area contributed by atoms with Crippen molar-refractivity contribution in [3.63, 3.8) is 0 Å². The smallest absolute Gasteiger partial charge is 0.396 e. The van der Waals surface area contributed by atoms with Crippen molar-refractivity contribution < 1.29 is 27.8 Å². The van der Waals surface area contributed by atoms with Gasteiger partial charge in [0.25, 0.3) is 5.91 Å². The number of benzene rings is 1. The number of aliphatic hydroxyl groups excluding tert-OH is 1. The Morgan fingerprint density at radius 1 is 1.15 bits per heavy atom. The Kier molecular flexibility index (Phi) is 5.84. The second-order valence-electron chi connectivity index (χ2n) is 6.87. The van der Waals surface area contributed by atoms with E-state index < -0.39 is 17.6 Å². The van der Waals surface area contributed by atoms with Crippen molar-refractivity contribution in [3.05, 3.63) is 35.4 Å². The molecule has 1 aromatic rings. The van der Waals surface area contributed by atoms with Crippen molar-refractivity contribution in [2.75, 3.05) is 52.5 Å². The molecule has 0 aliphatic carbocycles. The van der Waals surface area contributed by atoms with Crippen LogP contribution in [0.1, 0.15) is 15.9 Å². The lowest BCUT2D eigenvalue weighted by Gasteiger charge is -2.30. The van der Waals surface area contributed by atoms with Gasteiger partial charge in [0.05, 0.1) is 24.3 Å². The molecule has 1 amide bonds. The fraction of sp³-hybridized carbons (Fsp3) is 0.611. The third-order valence-electron chi connectivity index (χ3n) is 5.16. The zero-order valence-electron chi connectivity index (χ0n) is 14.4. The third-order valence-corrected chi connectivity index (χ3v) is 5.16. The fourth-order valence-corrected chi connectivity index (χ4v) is 3.72. The molecule has 0 spiro atoms. The summed E-state index contributed by atoms with van der Waals surface area (Å²) >= 11 is 0. The van der Waals surface area contributed by atoms with Gasteiger partial charge in [0.15, 0.2) is 0 Å². The van der Waals surface area contributed by atoms with Crippen LogP contribution in [0.15, 0.2) is 24.3 Å². The summed E-state index contributed by atoms with van der Waals surface area (Å²) in [5.74, 6) is -0.708. The lowest BCUT2D eigenvalue weighted by molar-refractivity contribution is -0.138. The minimum absolute atomic E-state index is 0.0418. The first-order valence-electron chi connectivity index (χ1n) is 8.76. The van der Waals surface area contributed by atoms with Crippen LogP contribution in [0.5, 0.6) is 0 Å².